The summed E-state index contributed by atoms with van der Waals surface area (Å²) in [7, 11) is 0. The second-order valence-corrected chi connectivity index (χ2v) is 14.9. The lowest BCUT2D eigenvalue weighted by molar-refractivity contribution is 0.669. The first-order chi connectivity index (χ1) is 28.3. The van der Waals surface area contributed by atoms with Gasteiger partial charge in [-0.3, -0.25) is 0 Å². The van der Waals surface area contributed by atoms with E-state index in [0.717, 1.165) is 50.2 Å². The van der Waals surface area contributed by atoms with Gasteiger partial charge in [0.15, 0.2) is 0 Å². The van der Waals surface area contributed by atoms with Crippen LogP contribution in [-0.2, 0) is 0 Å². The zero-order valence-corrected chi connectivity index (χ0v) is 30.9. The maximum atomic E-state index is 6.66. The van der Waals surface area contributed by atoms with Gasteiger partial charge in [0.1, 0.15) is 11.2 Å². The summed E-state index contributed by atoms with van der Waals surface area (Å²) >= 11 is 0. The number of nitrogens with zero attached hydrogens (tertiary/aromatic N) is 2. The highest BCUT2D eigenvalue weighted by molar-refractivity contribution is 6.18. The number of furan rings is 1. The van der Waals surface area contributed by atoms with Crippen molar-refractivity contribution in [3.63, 3.8) is 0 Å². The molecule has 0 aliphatic heterocycles. The van der Waals surface area contributed by atoms with Crippen LogP contribution >= 0.6 is 0 Å². The normalized spacial score (nSPS) is 11.9. The molecular weight excluding hydrogens is 693 g/mol. The Morgan fingerprint density at radius 1 is 0.368 bits per heavy atom. The van der Waals surface area contributed by atoms with Crippen molar-refractivity contribution in [2.45, 2.75) is 0 Å². The molecule has 0 atom stereocenters. The Bertz CT molecular complexity index is 3520. The van der Waals surface area contributed by atoms with Crippen LogP contribution in [0.3, 0.4) is 0 Å². The van der Waals surface area contributed by atoms with Crippen molar-refractivity contribution in [2.24, 2.45) is 0 Å². The highest BCUT2D eigenvalue weighted by Crippen LogP contribution is 2.46. The van der Waals surface area contributed by atoms with Crippen molar-refractivity contribution < 1.29 is 4.42 Å². The van der Waals surface area contributed by atoms with E-state index in [4.69, 9.17) is 4.42 Å². The van der Waals surface area contributed by atoms with Crippen molar-refractivity contribution in [1.29, 1.82) is 0 Å². The van der Waals surface area contributed by atoms with Crippen LogP contribution in [0.5, 0.6) is 0 Å². The molecule has 10 aromatic carbocycles. The Kier molecular flexibility index (Phi) is 6.93. The van der Waals surface area contributed by atoms with Gasteiger partial charge in [-0.1, -0.05) is 127 Å². The molecule has 0 unspecified atom stereocenters. The van der Waals surface area contributed by atoms with Gasteiger partial charge in [-0.2, -0.15) is 0 Å². The van der Waals surface area contributed by atoms with Crippen LogP contribution in [0, 0.1) is 0 Å². The molecule has 0 N–H and O–H groups in total. The minimum absolute atomic E-state index is 0.862. The number of rotatable bonds is 5. The number of fused-ring (bicyclic) bond motifs is 10. The van der Waals surface area contributed by atoms with Gasteiger partial charge < -0.3 is 13.9 Å². The van der Waals surface area contributed by atoms with Crippen molar-refractivity contribution in [3.8, 4) is 16.8 Å². The van der Waals surface area contributed by atoms with Crippen molar-refractivity contribution in [1.82, 2.24) is 4.57 Å². The molecule has 57 heavy (non-hydrogen) atoms. The molecular formula is C54H34N2O. The summed E-state index contributed by atoms with van der Waals surface area (Å²) in [5.41, 5.74) is 10.8. The lowest BCUT2D eigenvalue weighted by Gasteiger charge is -2.27. The maximum Gasteiger partial charge on any atom is 0.137 e. The Balaban J connectivity index is 1.09. The molecule has 2 aromatic heterocycles. The Hall–Kier alpha value is -7.62. The third kappa shape index (κ3) is 4.92. The molecule has 0 bridgehead atoms. The Labute approximate surface area is 328 Å². The average Bonchev–Trinajstić information content (AvgIpc) is 3.81. The Morgan fingerprint density at radius 3 is 1.82 bits per heavy atom. The first-order valence-electron chi connectivity index (χ1n) is 19.5. The standard InChI is InChI=1S/C54H34N2O/c1-2-16-39(17-3-1)56-49-22-11-10-21-46(49)54-50(23-12-24-51(54)56)55(41-29-30-45-48-31-36-13-4-5-14-37(36)33-52(48)57-53(45)34-41)40-27-25-35(26-28-40)47-32-38-15-6-7-18-42(38)43-19-8-9-20-44(43)47/h1-34H. The molecule has 0 saturated heterocycles. The topological polar surface area (TPSA) is 21.3 Å². The molecule has 2 heterocycles. The van der Waals surface area contributed by atoms with Crippen LogP contribution in [0.4, 0.5) is 17.1 Å². The summed E-state index contributed by atoms with van der Waals surface area (Å²) in [6, 6.07) is 74.5. The molecule has 3 nitrogen and oxygen atoms in total. The summed E-state index contributed by atoms with van der Waals surface area (Å²) < 4.78 is 9.05. The van der Waals surface area contributed by atoms with Crippen LogP contribution in [-0.4, -0.2) is 4.57 Å². The third-order valence-electron chi connectivity index (χ3n) is 11.7. The van der Waals surface area contributed by atoms with Gasteiger partial charge >= 0.3 is 0 Å². The van der Waals surface area contributed by atoms with E-state index in [1.807, 2.05) is 0 Å². The number of hydrogen-bond donors (Lipinski definition) is 0. The monoisotopic (exact) mass is 726 g/mol. The maximum absolute atomic E-state index is 6.66. The fraction of sp³-hybridized carbons (Fsp3) is 0. The van der Waals surface area contributed by atoms with Crippen LogP contribution in [0.1, 0.15) is 0 Å². The molecule has 0 saturated carbocycles. The summed E-state index contributed by atoms with van der Waals surface area (Å²) in [4.78, 5) is 2.40. The smallest absolute Gasteiger partial charge is 0.137 e. The Morgan fingerprint density at radius 2 is 1.00 bits per heavy atom. The predicted octanol–water partition coefficient (Wildman–Crippen LogP) is 15.3. The SMILES string of the molecule is c1ccc(-n2c3ccccc3c3c(N(c4ccc(-c5cc6ccccc6c6ccccc56)cc4)c4ccc5c(c4)oc4cc6ccccc6cc45)cccc32)cc1. The van der Waals surface area contributed by atoms with Crippen molar-refractivity contribution in [3.05, 3.63) is 206 Å². The van der Waals surface area contributed by atoms with Crippen molar-refractivity contribution in [2.75, 3.05) is 4.90 Å². The minimum atomic E-state index is 0.862. The van der Waals surface area contributed by atoms with Gasteiger partial charge in [0.25, 0.3) is 0 Å². The van der Waals surface area contributed by atoms with E-state index in [1.165, 1.54) is 59.7 Å². The molecule has 0 aliphatic carbocycles. The van der Waals surface area contributed by atoms with Crippen LogP contribution < -0.4 is 4.90 Å². The molecule has 0 amide bonds. The van der Waals surface area contributed by atoms with E-state index >= 15 is 0 Å². The van der Waals surface area contributed by atoms with Gasteiger partial charge in [-0.05, 0) is 116 Å². The lowest BCUT2D eigenvalue weighted by atomic mass is 9.93. The lowest BCUT2D eigenvalue weighted by Crippen LogP contribution is -2.10. The van der Waals surface area contributed by atoms with E-state index in [9.17, 15) is 0 Å². The number of aromatic nitrogens is 1. The zero-order valence-electron chi connectivity index (χ0n) is 30.9. The summed E-state index contributed by atoms with van der Waals surface area (Å²) in [6.45, 7) is 0. The van der Waals surface area contributed by atoms with Gasteiger partial charge in [0, 0.05) is 44.7 Å². The molecule has 0 fully saturated rings. The first kappa shape index (κ1) is 31.7. The van der Waals surface area contributed by atoms with Gasteiger partial charge in [-0.15, -0.1) is 0 Å². The molecule has 3 heteroatoms. The largest absolute Gasteiger partial charge is 0.456 e. The summed E-state index contributed by atoms with van der Waals surface area (Å²) in [5.74, 6) is 0. The van der Waals surface area contributed by atoms with Crippen LogP contribution in [0.15, 0.2) is 211 Å². The predicted molar refractivity (Wildman–Crippen MR) is 241 cm³/mol. The van der Waals surface area contributed by atoms with Crippen molar-refractivity contribution >= 4 is 93.1 Å². The minimum Gasteiger partial charge on any atom is -0.456 e. The fourth-order valence-electron chi connectivity index (χ4n) is 9.14. The van der Waals surface area contributed by atoms with Gasteiger partial charge in [-0.25, -0.2) is 0 Å². The third-order valence-corrected chi connectivity index (χ3v) is 11.7. The number of hydrogen-bond acceptors (Lipinski definition) is 2. The first-order valence-corrected chi connectivity index (χ1v) is 19.5. The van der Waals surface area contributed by atoms with Gasteiger partial charge in [0.2, 0.25) is 0 Å². The number of para-hydroxylation sites is 2. The molecule has 12 rings (SSSR count). The number of benzene rings is 10. The van der Waals surface area contributed by atoms with E-state index in [2.05, 4.69) is 216 Å². The summed E-state index contributed by atoms with van der Waals surface area (Å²) in [5, 5.41) is 12.0. The molecule has 0 spiro atoms. The molecule has 0 radical (unpaired) electrons. The highest BCUT2D eigenvalue weighted by Gasteiger charge is 2.22. The van der Waals surface area contributed by atoms with Crippen LogP contribution in [0.25, 0.3) is 92.9 Å². The van der Waals surface area contributed by atoms with Gasteiger partial charge in [0.05, 0.1) is 16.7 Å². The van der Waals surface area contributed by atoms with E-state index in [-0.39, 0.29) is 0 Å². The van der Waals surface area contributed by atoms with Crippen LogP contribution in [0.2, 0.25) is 0 Å². The van der Waals surface area contributed by atoms with E-state index < -0.39 is 0 Å². The molecule has 12 aromatic rings. The second-order valence-electron chi connectivity index (χ2n) is 14.9. The van der Waals surface area contributed by atoms with E-state index in [0.29, 0.717) is 0 Å². The van der Waals surface area contributed by atoms with E-state index in [1.54, 1.807) is 0 Å². The molecule has 266 valence electrons. The fourth-order valence-corrected chi connectivity index (χ4v) is 9.14. The highest BCUT2D eigenvalue weighted by atomic mass is 16.3. The zero-order chi connectivity index (χ0) is 37.5. The molecule has 0 aliphatic rings. The summed E-state index contributed by atoms with van der Waals surface area (Å²) in [6.07, 6.45) is 0. The average molecular weight is 727 g/mol. The number of anilines is 3. The quantitative estimate of drug-likeness (QED) is 0.165. The second kappa shape index (κ2) is 12.5.